The predicted octanol–water partition coefficient (Wildman–Crippen LogP) is -0.0888. The van der Waals surface area contributed by atoms with Gasteiger partial charge in [0.25, 0.3) is 11.8 Å². The average molecular weight is 291 g/mol. The Morgan fingerprint density at radius 2 is 1.90 bits per heavy atom. The third-order valence-corrected chi connectivity index (χ3v) is 3.26. The fourth-order valence-electron chi connectivity index (χ4n) is 2.15. The van der Waals surface area contributed by atoms with Crippen molar-refractivity contribution in [2.75, 3.05) is 12.1 Å². The van der Waals surface area contributed by atoms with Gasteiger partial charge in [-0.1, -0.05) is 0 Å². The second kappa shape index (κ2) is 5.31. The number of benzene rings is 1. The number of carbonyl (C=O) groups excluding carboxylic acids is 3. The molecule has 110 valence electrons. The molecule has 1 saturated heterocycles. The predicted molar refractivity (Wildman–Crippen MR) is 70.2 cm³/mol. The van der Waals surface area contributed by atoms with Crippen LogP contribution >= 0.6 is 0 Å². The second-order valence-corrected chi connectivity index (χ2v) is 4.69. The maximum Gasteiger partial charge on any atom is 0.251 e. The number of carbonyl (C=O) groups is 3. The molecule has 0 bridgehead atoms. The van der Waals surface area contributed by atoms with Gasteiger partial charge in [-0.05, 0) is 18.6 Å². The van der Waals surface area contributed by atoms with E-state index in [4.69, 9.17) is 9.47 Å². The molecule has 21 heavy (non-hydrogen) atoms. The molecule has 1 aromatic carbocycles. The summed E-state index contributed by atoms with van der Waals surface area (Å²) in [5.74, 6) is -0.699. The fourth-order valence-corrected chi connectivity index (χ4v) is 2.15. The molecule has 8 heteroatoms. The van der Waals surface area contributed by atoms with Crippen LogP contribution in [0.4, 0.5) is 5.69 Å². The first-order valence-corrected chi connectivity index (χ1v) is 6.43. The summed E-state index contributed by atoms with van der Waals surface area (Å²) in [4.78, 5) is 34.5. The number of hydrogen-bond donors (Lipinski definition) is 3. The van der Waals surface area contributed by atoms with Gasteiger partial charge in [0.05, 0.1) is 0 Å². The zero-order valence-corrected chi connectivity index (χ0v) is 11.0. The van der Waals surface area contributed by atoms with E-state index in [1.807, 2.05) is 0 Å². The number of anilines is 1. The second-order valence-electron chi connectivity index (χ2n) is 4.69. The summed E-state index contributed by atoms with van der Waals surface area (Å²) in [6, 6.07) is 5.06. The van der Waals surface area contributed by atoms with Crippen molar-refractivity contribution >= 4 is 23.4 Å². The molecule has 3 rings (SSSR count). The lowest BCUT2D eigenvalue weighted by atomic mass is 10.0. The number of amides is 3. The van der Waals surface area contributed by atoms with Crippen LogP contribution in [-0.2, 0) is 14.4 Å². The van der Waals surface area contributed by atoms with Crippen LogP contribution in [0.25, 0.3) is 0 Å². The Morgan fingerprint density at radius 3 is 2.67 bits per heavy atom. The Kier molecular flexibility index (Phi) is 3.35. The van der Waals surface area contributed by atoms with Crippen molar-refractivity contribution in [1.29, 1.82) is 0 Å². The molecule has 0 radical (unpaired) electrons. The van der Waals surface area contributed by atoms with E-state index in [1.54, 1.807) is 18.2 Å². The van der Waals surface area contributed by atoms with Crippen LogP contribution in [0.5, 0.6) is 11.5 Å². The normalized spacial score (nSPS) is 16.6. The molecular formula is C13H13N3O5. The Morgan fingerprint density at radius 1 is 1.19 bits per heavy atom. The van der Waals surface area contributed by atoms with Gasteiger partial charge in [0, 0.05) is 18.2 Å². The minimum absolute atomic E-state index is 0.0694. The molecule has 1 aromatic rings. The largest absolute Gasteiger partial charge is 0.454 e. The molecule has 8 nitrogen and oxygen atoms in total. The molecule has 3 amide bonds. The molecule has 2 aliphatic rings. The highest BCUT2D eigenvalue weighted by molar-refractivity contribution is 6.05. The van der Waals surface area contributed by atoms with E-state index < -0.39 is 17.7 Å². The van der Waals surface area contributed by atoms with E-state index >= 15 is 0 Å². The van der Waals surface area contributed by atoms with Crippen LogP contribution in [0, 0.1) is 5.92 Å². The number of nitrogens with one attached hydrogen (secondary N) is 3. The zero-order chi connectivity index (χ0) is 14.8. The average Bonchev–Trinajstić information content (AvgIpc) is 3.04. The van der Waals surface area contributed by atoms with Crippen LogP contribution in [0.15, 0.2) is 18.2 Å². The SMILES string of the molecule is O=C(CCC1C(=O)NNC1=O)Nc1ccc2c(c1)OCO2. The van der Waals surface area contributed by atoms with Gasteiger partial charge in [-0.15, -0.1) is 0 Å². The molecule has 0 saturated carbocycles. The van der Waals surface area contributed by atoms with Gasteiger partial charge in [-0.3, -0.25) is 25.2 Å². The maximum atomic E-state index is 11.8. The van der Waals surface area contributed by atoms with Gasteiger partial charge in [-0.25, -0.2) is 0 Å². The summed E-state index contributed by atoms with van der Waals surface area (Å²) in [6.07, 6.45) is 0.230. The fraction of sp³-hybridized carbons (Fsp3) is 0.308. The molecule has 0 unspecified atom stereocenters. The summed E-state index contributed by atoms with van der Waals surface area (Å²) in [7, 11) is 0. The van der Waals surface area contributed by atoms with E-state index in [0.717, 1.165) is 0 Å². The Balaban J connectivity index is 1.54. The van der Waals surface area contributed by atoms with Gasteiger partial charge in [-0.2, -0.15) is 0 Å². The number of hydrogen-bond acceptors (Lipinski definition) is 5. The van der Waals surface area contributed by atoms with Crippen molar-refractivity contribution in [1.82, 2.24) is 10.9 Å². The molecule has 0 aliphatic carbocycles. The van der Waals surface area contributed by atoms with Crippen LogP contribution in [-0.4, -0.2) is 24.5 Å². The van der Waals surface area contributed by atoms with Crippen molar-refractivity contribution < 1.29 is 23.9 Å². The summed E-state index contributed by atoms with van der Waals surface area (Å²) in [5.41, 5.74) is 5.01. The Bertz CT molecular complexity index is 600. The van der Waals surface area contributed by atoms with E-state index in [0.29, 0.717) is 17.2 Å². The van der Waals surface area contributed by atoms with Crippen LogP contribution < -0.4 is 25.6 Å². The number of hydrazine groups is 1. The summed E-state index contributed by atoms with van der Waals surface area (Å²) in [5, 5.41) is 2.69. The molecule has 2 heterocycles. The number of fused-ring (bicyclic) bond motifs is 1. The first-order chi connectivity index (χ1) is 10.1. The lowest BCUT2D eigenvalue weighted by Gasteiger charge is -2.07. The van der Waals surface area contributed by atoms with Crippen LogP contribution in [0.1, 0.15) is 12.8 Å². The Hall–Kier alpha value is -2.77. The standard InChI is InChI=1S/C13H13N3O5/c17-11(4-2-8-12(18)15-16-13(8)19)14-7-1-3-9-10(5-7)21-6-20-9/h1,3,5,8H,2,4,6H2,(H,14,17)(H,15,18)(H,16,19). The highest BCUT2D eigenvalue weighted by Crippen LogP contribution is 2.34. The number of ether oxygens (including phenoxy) is 2. The smallest absolute Gasteiger partial charge is 0.251 e. The lowest BCUT2D eigenvalue weighted by Crippen LogP contribution is -2.28. The highest BCUT2D eigenvalue weighted by Gasteiger charge is 2.32. The molecule has 3 N–H and O–H groups in total. The van der Waals surface area contributed by atoms with Crippen LogP contribution in [0.2, 0.25) is 0 Å². The third kappa shape index (κ3) is 2.73. The van der Waals surface area contributed by atoms with Crippen molar-refractivity contribution in [2.45, 2.75) is 12.8 Å². The first-order valence-electron chi connectivity index (χ1n) is 6.43. The van der Waals surface area contributed by atoms with E-state index in [-0.39, 0.29) is 25.5 Å². The van der Waals surface area contributed by atoms with Gasteiger partial charge in [0.2, 0.25) is 12.7 Å². The minimum Gasteiger partial charge on any atom is -0.454 e. The molecule has 2 aliphatic heterocycles. The maximum absolute atomic E-state index is 11.8. The summed E-state index contributed by atoms with van der Waals surface area (Å²) < 4.78 is 10.4. The molecule has 0 aromatic heterocycles. The van der Waals surface area contributed by atoms with Gasteiger partial charge in [0.1, 0.15) is 5.92 Å². The van der Waals surface area contributed by atoms with E-state index in [2.05, 4.69) is 16.2 Å². The summed E-state index contributed by atoms with van der Waals surface area (Å²) in [6.45, 7) is 0.165. The Labute approximate surface area is 119 Å². The molecule has 0 spiro atoms. The molecular weight excluding hydrogens is 278 g/mol. The van der Waals surface area contributed by atoms with Crippen LogP contribution in [0.3, 0.4) is 0 Å². The number of rotatable bonds is 4. The van der Waals surface area contributed by atoms with Gasteiger partial charge >= 0.3 is 0 Å². The van der Waals surface area contributed by atoms with Gasteiger partial charge < -0.3 is 14.8 Å². The first kappa shape index (κ1) is 13.2. The van der Waals surface area contributed by atoms with Crippen molar-refractivity contribution in [3.8, 4) is 11.5 Å². The van der Waals surface area contributed by atoms with E-state index in [9.17, 15) is 14.4 Å². The summed E-state index contributed by atoms with van der Waals surface area (Å²) >= 11 is 0. The minimum atomic E-state index is -0.812. The quantitative estimate of drug-likeness (QED) is 0.672. The molecule has 1 fully saturated rings. The topological polar surface area (TPSA) is 106 Å². The van der Waals surface area contributed by atoms with Crippen molar-refractivity contribution in [3.63, 3.8) is 0 Å². The van der Waals surface area contributed by atoms with Crippen molar-refractivity contribution in [2.24, 2.45) is 5.92 Å². The lowest BCUT2D eigenvalue weighted by molar-refractivity contribution is -0.128. The van der Waals surface area contributed by atoms with Gasteiger partial charge in [0.15, 0.2) is 11.5 Å². The zero-order valence-electron chi connectivity index (χ0n) is 11.0. The highest BCUT2D eigenvalue weighted by atomic mass is 16.7. The molecule has 0 atom stereocenters. The van der Waals surface area contributed by atoms with E-state index in [1.165, 1.54) is 0 Å². The third-order valence-electron chi connectivity index (χ3n) is 3.26. The monoisotopic (exact) mass is 291 g/mol. The van der Waals surface area contributed by atoms with Crippen molar-refractivity contribution in [3.05, 3.63) is 18.2 Å².